The van der Waals surface area contributed by atoms with Gasteiger partial charge in [-0.2, -0.15) is 0 Å². The highest BCUT2D eigenvalue weighted by Gasteiger charge is 2.24. The second-order valence-electron chi connectivity index (χ2n) is 8.56. The van der Waals surface area contributed by atoms with E-state index in [9.17, 15) is 9.59 Å². The molecule has 0 aromatic heterocycles. The van der Waals surface area contributed by atoms with Gasteiger partial charge in [-0.1, -0.05) is 90.5 Å². The van der Waals surface area contributed by atoms with Crippen molar-refractivity contribution in [2.75, 3.05) is 7.11 Å². The number of benzene rings is 4. The van der Waals surface area contributed by atoms with Crippen LogP contribution in [0.2, 0.25) is 5.02 Å². The van der Waals surface area contributed by atoms with Crippen molar-refractivity contribution in [2.24, 2.45) is 0 Å². The van der Waals surface area contributed by atoms with E-state index in [1.165, 1.54) is 7.11 Å². The summed E-state index contributed by atoms with van der Waals surface area (Å²) in [5.74, 6) is 0.0718. The van der Waals surface area contributed by atoms with Crippen molar-refractivity contribution in [1.82, 2.24) is 5.32 Å². The summed E-state index contributed by atoms with van der Waals surface area (Å²) in [5, 5.41) is 3.04. The molecule has 0 saturated carbocycles. The molecule has 0 fully saturated rings. The zero-order valence-corrected chi connectivity index (χ0v) is 21.7. The number of methoxy groups -OCH3 is 1. The van der Waals surface area contributed by atoms with Crippen LogP contribution in [0.4, 0.5) is 0 Å². The zero-order chi connectivity index (χ0) is 26.7. The molecule has 0 aliphatic heterocycles. The summed E-state index contributed by atoms with van der Waals surface area (Å²) in [6, 6.07) is 30.8. The first kappa shape index (κ1) is 26.8. The fourth-order valence-corrected chi connectivity index (χ4v) is 4.06. The molecular weight excluding hydrogens is 502 g/mol. The molecule has 0 heterocycles. The second-order valence-corrected chi connectivity index (χ2v) is 8.97. The first-order chi connectivity index (χ1) is 18.5. The Bertz CT molecular complexity index is 1360. The minimum Gasteiger partial charge on any atom is -0.485 e. The first-order valence-electron chi connectivity index (χ1n) is 12.1. The molecule has 0 aliphatic rings. The predicted molar refractivity (Wildman–Crippen MR) is 146 cm³/mol. The van der Waals surface area contributed by atoms with Crippen LogP contribution in [0.5, 0.6) is 11.5 Å². The van der Waals surface area contributed by atoms with E-state index in [0.29, 0.717) is 29.7 Å². The van der Waals surface area contributed by atoms with Gasteiger partial charge in [0.1, 0.15) is 19.3 Å². The number of ether oxygens (including phenoxy) is 3. The minimum atomic E-state index is -0.929. The molecular formula is C31H28ClNO5. The number of carbonyl (C=O) groups excluding carboxylic acids is 2. The van der Waals surface area contributed by atoms with Crippen molar-refractivity contribution in [3.63, 3.8) is 0 Å². The van der Waals surface area contributed by atoms with E-state index in [1.54, 1.807) is 24.3 Å². The molecule has 4 aromatic carbocycles. The Morgan fingerprint density at radius 1 is 0.737 bits per heavy atom. The molecule has 0 spiro atoms. The predicted octanol–water partition coefficient (Wildman–Crippen LogP) is 6.01. The monoisotopic (exact) mass is 529 g/mol. The van der Waals surface area contributed by atoms with Crippen LogP contribution in [0.3, 0.4) is 0 Å². The third kappa shape index (κ3) is 7.37. The molecule has 4 aromatic rings. The number of carbonyl (C=O) groups is 2. The molecule has 1 amide bonds. The lowest BCUT2D eigenvalue weighted by atomic mass is 10.0. The Hall–Kier alpha value is -4.29. The Kier molecular flexibility index (Phi) is 9.37. The Labute approximate surface area is 227 Å². The maximum absolute atomic E-state index is 12.8. The molecule has 6 nitrogen and oxygen atoms in total. The van der Waals surface area contributed by atoms with Crippen LogP contribution in [0, 0.1) is 0 Å². The average molecular weight is 530 g/mol. The van der Waals surface area contributed by atoms with Crippen LogP contribution in [0.25, 0.3) is 0 Å². The molecule has 0 saturated heterocycles. The minimum absolute atomic E-state index is 0.184. The molecule has 7 heteroatoms. The molecule has 1 atom stereocenters. The lowest BCUT2D eigenvalue weighted by Crippen LogP contribution is -2.43. The number of hydrogen-bond acceptors (Lipinski definition) is 5. The van der Waals surface area contributed by atoms with Crippen molar-refractivity contribution >= 4 is 23.5 Å². The van der Waals surface area contributed by atoms with Gasteiger partial charge in [-0.15, -0.1) is 0 Å². The van der Waals surface area contributed by atoms with Crippen molar-refractivity contribution < 1.29 is 23.8 Å². The highest BCUT2D eigenvalue weighted by Crippen LogP contribution is 2.31. The molecule has 4 rings (SSSR count). The highest BCUT2D eigenvalue weighted by atomic mass is 35.5. The summed E-state index contributed by atoms with van der Waals surface area (Å²) in [7, 11) is 1.28. The molecule has 194 valence electrons. The topological polar surface area (TPSA) is 73.9 Å². The van der Waals surface area contributed by atoms with Gasteiger partial charge in [-0.25, -0.2) is 4.79 Å². The van der Waals surface area contributed by atoms with E-state index in [0.717, 1.165) is 16.7 Å². The highest BCUT2D eigenvalue weighted by molar-refractivity contribution is 6.33. The number of halogens is 1. The largest absolute Gasteiger partial charge is 0.485 e. The van der Waals surface area contributed by atoms with E-state index in [4.69, 9.17) is 25.8 Å². The summed E-state index contributed by atoms with van der Waals surface area (Å²) in [5.41, 5.74) is 3.07. The van der Waals surface area contributed by atoms with Gasteiger partial charge in [0.2, 0.25) is 0 Å². The molecule has 1 N–H and O–H groups in total. The van der Waals surface area contributed by atoms with Gasteiger partial charge in [0.25, 0.3) is 5.91 Å². The quantitative estimate of drug-likeness (QED) is 0.241. The maximum Gasteiger partial charge on any atom is 0.328 e. The van der Waals surface area contributed by atoms with E-state index in [-0.39, 0.29) is 12.0 Å². The summed E-state index contributed by atoms with van der Waals surface area (Å²) in [6.45, 7) is 0.718. The molecule has 0 unspecified atom stereocenters. The van der Waals surface area contributed by atoms with Crippen molar-refractivity contribution in [1.29, 1.82) is 0 Å². The van der Waals surface area contributed by atoms with E-state index < -0.39 is 17.9 Å². The van der Waals surface area contributed by atoms with Crippen molar-refractivity contribution in [2.45, 2.75) is 25.7 Å². The Morgan fingerprint density at radius 2 is 1.32 bits per heavy atom. The van der Waals surface area contributed by atoms with Crippen molar-refractivity contribution in [3.8, 4) is 11.5 Å². The lowest BCUT2D eigenvalue weighted by Gasteiger charge is -2.19. The van der Waals surface area contributed by atoms with Crippen LogP contribution >= 0.6 is 11.6 Å². The number of amides is 1. The number of nitrogens with one attached hydrogen (secondary N) is 1. The summed E-state index contributed by atoms with van der Waals surface area (Å²) >= 11 is 6.17. The van der Waals surface area contributed by atoms with E-state index in [1.807, 2.05) is 78.9 Å². The Balaban J connectivity index is 1.54. The number of hydrogen-bond donors (Lipinski definition) is 1. The number of esters is 1. The fraction of sp³-hybridized carbons (Fsp3) is 0.161. The van der Waals surface area contributed by atoms with Gasteiger partial charge in [0.05, 0.1) is 17.7 Å². The zero-order valence-electron chi connectivity index (χ0n) is 20.9. The van der Waals surface area contributed by atoms with Gasteiger partial charge in [0.15, 0.2) is 11.5 Å². The third-order valence-electron chi connectivity index (χ3n) is 5.83. The third-order valence-corrected chi connectivity index (χ3v) is 6.16. The summed E-state index contributed by atoms with van der Waals surface area (Å²) in [4.78, 5) is 25.4. The van der Waals surface area contributed by atoms with Gasteiger partial charge >= 0.3 is 5.97 Å². The smallest absolute Gasteiger partial charge is 0.328 e. The van der Waals surface area contributed by atoms with Crippen LogP contribution in [-0.4, -0.2) is 25.0 Å². The van der Waals surface area contributed by atoms with Crippen LogP contribution in [0.15, 0.2) is 103 Å². The van der Waals surface area contributed by atoms with Crippen LogP contribution in [0.1, 0.15) is 27.0 Å². The molecule has 0 radical (unpaired) electrons. The fourth-order valence-electron chi connectivity index (χ4n) is 3.83. The molecule has 0 aliphatic carbocycles. The maximum atomic E-state index is 12.8. The van der Waals surface area contributed by atoms with Crippen molar-refractivity contribution in [3.05, 3.63) is 130 Å². The van der Waals surface area contributed by atoms with Gasteiger partial charge in [-0.3, -0.25) is 4.79 Å². The van der Waals surface area contributed by atoms with Gasteiger partial charge < -0.3 is 19.5 Å². The second kappa shape index (κ2) is 13.3. The lowest BCUT2D eigenvalue weighted by molar-refractivity contribution is -0.142. The van der Waals surface area contributed by atoms with E-state index >= 15 is 0 Å². The SMILES string of the molecule is COC(=O)[C@H](Cc1ccc(OCc2ccccc2)c(OCc2ccccc2)c1)NC(=O)c1ccccc1Cl. The standard InChI is InChI=1S/C31H28ClNO5/c1-36-31(35)27(33-30(34)25-14-8-9-15-26(25)32)18-24-16-17-28(37-20-22-10-4-2-5-11-22)29(19-24)38-21-23-12-6-3-7-13-23/h2-17,19,27H,18,20-21H2,1H3,(H,33,34)/t27-/m0/s1. The average Bonchev–Trinajstić information content (AvgIpc) is 2.96. The Morgan fingerprint density at radius 3 is 1.92 bits per heavy atom. The molecule has 0 bridgehead atoms. The summed E-state index contributed by atoms with van der Waals surface area (Å²) in [6.07, 6.45) is 0.184. The van der Waals surface area contributed by atoms with Gasteiger partial charge in [-0.05, 0) is 41.0 Å². The normalized spacial score (nSPS) is 11.3. The van der Waals surface area contributed by atoms with Gasteiger partial charge in [0, 0.05) is 6.42 Å². The molecule has 38 heavy (non-hydrogen) atoms. The van der Waals surface area contributed by atoms with Crippen LogP contribution in [-0.2, 0) is 29.2 Å². The first-order valence-corrected chi connectivity index (χ1v) is 12.5. The van der Waals surface area contributed by atoms with E-state index in [2.05, 4.69) is 5.32 Å². The van der Waals surface area contributed by atoms with Crippen LogP contribution < -0.4 is 14.8 Å². The number of rotatable bonds is 11. The summed E-state index contributed by atoms with van der Waals surface area (Å²) < 4.78 is 17.2.